The lowest BCUT2D eigenvalue weighted by Crippen LogP contribution is -2.34. The second-order valence-corrected chi connectivity index (χ2v) is 3.90. The number of hydrogen-bond donors (Lipinski definition) is 2. The summed E-state index contributed by atoms with van der Waals surface area (Å²) in [4.78, 5) is 24.0. The van der Waals surface area contributed by atoms with Gasteiger partial charge in [-0.05, 0) is 37.6 Å². The summed E-state index contributed by atoms with van der Waals surface area (Å²) in [5.41, 5.74) is 1.36. The third kappa shape index (κ3) is 4.83. The average molecular weight is 262 g/mol. The summed E-state index contributed by atoms with van der Waals surface area (Å²) in [7, 11) is 0. The molecule has 0 spiro atoms. The van der Waals surface area contributed by atoms with Gasteiger partial charge in [-0.15, -0.1) is 0 Å². The number of carboxylic acid groups (broad SMARTS) is 1. The second kappa shape index (κ2) is 7.20. The molecule has 0 aliphatic rings. The minimum atomic E-state index is -1.00. The van der Waals surface area contributed by atoms with E-state index < -0.39 is 5.97 Å². The van der Waals surface area contributed by atoms with Crippen LogP contribution in [0.3, 0.4) is 0 Å². The monoisotopic (exact) mass is 262 g/mol. The standard InChI is InChI=1S/C14H18N2O3/c1-3-16(4-2)14(19)15-12-7-5-6-11(10-12)8-9-13(17)18/h5-10H,3-4H2,1-2H3,(H,15,19)(H,17,18)/b9-8+. The van der Waals surface area contributed by atoms with Gasteiger partial charge in [0, 0.05) is 24.9 Å². The molecule has 2 N–H and O–H groups in total. The molecule has 5 heteroatoms. The zero-order valence-electron chi connectivity index (χ0n) is 11.1. The van der Waals surface area contributed by atoms with E-state index in [1.807, 2.05) is 13.8 Å². The number of benzene rings is 1. The molecule has 0 atom stereocenters. The summed E-state index contributed by atoms with van der Waals surface area (Å²) < 4.78 is 0. The molecule has 0 saturated carbocycles. The fraction of sp³-hybridized carbons (Fsp3) is 0.286. The fourth-order valence-corrected chi connectivity index (χ4v) is 1.60. The first kappa shape index (κ1) is 14.8. The van der Waals surface area contributed by atoms with Gasteiger partial charge in [-0.1, -0.05) is 12.1 Å². The molecule has 0 radical (unpaired) electrons. The zero-order valence-corrected chi connectivity index (χ0v) is 11.1. The molecule has 19 heavy (non-hydrogen) atoms. The Kier molecular flexibility index (Phi) is 5.60. The highest BCUT2D eigenvalue weighted by Gasteiger charge is 2.08. The van der Waals surface area contributed by atoms with E-state index in [2.05, 4.69) is 5.32 Å². The Balaban J connectivity index is 2.77. The van der Waals surface area contributed by atoms with Crippen molar-refractivity contribution in [1.29, 1.82) is 0 Å². The maximum atomic E-state index is 11.9. The Hall–Kier alpha value is -2.30. The van der Waals surface area contributed by atoms with Gasteiger partial charge in [0.15, 0.2) is 0 Å². The molecule has 0 unspecified atom stereocenters. The molecular weight excluding hydrogens is 244 g/mol. The molecule has 0 bridgehead atoms. The molecule has 0 fully saturated rings. The first-order valence-corrected chi connectivity index (χ1v) is 6.13. The minimum Gasteiger partial charge on any atom is -0.478 e. The van der Waals surface area contributed by atoms with Crippen LogP contribution in [0.15, 0.2) is 30.3 Å². The van der Waals surface area contributed by atoms with Gasteiger partial charge in [0.25, 0.3) is 0 Å². The van der Waals surface area contributed by atoms with Crippen molar-refractivity contribution in [1.82, 2.24) is 4.90 Å². The zero-order chi connectivity index (χ0) is 14.3. The summed E-state index contributed by atoms with van der Waals surface area (Å²) in [6, 6.07) is 6.86. The van der Waals surface area contributed by atoms with E-state index in [4.69, 9.17) is 5.11 Å². The van der Waals surface area contributed by atoms with E-state index in [0.29, 0.717) is 18.8 Å². The van der Waals surface area contributed by atoms with Crippen molar-refractivity contribution in [2.24, 2.45) is 0 Å². The molecule has 0 saturated heterocycles. The van der Waals surface area contributed by atoms with Gasteiger partial charge >= 0.3 is 12.0 Å². The molecule has 0 heterocycles. The minimum absolute atomic E-state index is 0.163. The molecule has 2 amide bonds. The van der Waals surface area contributed by atoms with Crippen LogP contribution >= 0.6 is 0 Å². The fourth-order valence-electron chi connectivity index (χ4n) is 1.60. The highest BCUT2D eigenvalue weighted by molar-refractivity contribution is 5.90. The second-order valence-electron chi connectivity index (χ2n) is 3.90. The van der Waals surface area contributed by atoms with E-state index in [-0.39, 0.29) is 6.03 Å². The van der Waals surface area contributed by atoms with Crippen LogP contribution in [0.4, 0.5) is 10.5 Å². The number of carbonyl (C=O) groups is 2. The molecular formula is C14H18N2O3. The number of amides is 2. The Morgan fingerprint density at radius 2 is 2.00 bits per heavy atom. The molecule has 5 nitrogen and oxygen atoms in total. The molecule has 0 aliphatic heterocycles. The van der Waals surface area contributed by atoms with Crippen molar-refractivity contribution in [3.8, 4) is 0 Å². The summed E-state index contributed by atoms with van der Waals surface area (Å²) in [5, 5.41) is 11.3. The lowest BCUT2D eigenvalue weighted by molar-refractivity contribution is -0.131. The highest BCUT2D eigenvalue weighted by atomic mass is 16.4. The number of rotatable bonds is 5. The predicted octanol–water partition coefficient (Wildman–Crippen LogP) is 2.66. The van der Waals surface area contributed by atoms with Crippen molar-refractivity contribution < 1.29 is 14.7 Å². The van der Waals surface area contributed by atoms with E-state index in [0.717, 1.165) is 11.6 Å². The Bertz CT molecular complexity index is 479. The van der Waals surface area contributed by atoms with Crippen molar-refractivity contribution in [2.45, 2.75) is 13.8 Å². The summed E-state index contributed by atoms with van der Waals surface area (Å²) in [5.74, 6) is -1.00. The van der Waals surface area contributed by atoms with Crippen LogP contribution < -0.4 is 5.32 Å². The van der Waals surface area contributed by atoms with Gasteiger partial charge < -0.3 is 15.3 Å². The molecule has 102 valence electrons. The Labute approximate surface area is 112 Å². The van der Waals surface area contributed by atoms with E-state index in [1.54, 1.807) is 29.2 Å². The number of carboxylic acids is 1. The van der Waals surface area contributed by atoms with E-state index >= 15 is 0 Å². The largest absolute Gasteiger partial charge is 0.478 e. The van der Waals surface area contributed by atoms with Gasteiger partial charge in [-0.25, -0.2) is 9.59 Å². The van der Waals surface area contributed by atoms with Gasteiger partial charge in [0.1, 0.15) is 0 Å². The van der Waals surface area contributed by atoms with Crippen LogP contribution in [0.5, 0.6) is 0 Å². The van der Waals surface area contributed by atoms with Crippen LogP contribution in [0.25, 0.3) is 6.08 Å². The molecule has 0 aromatic heterocycles. The van der Waals surface area contributed by atoms with Gasteiger partial charge in [-0.2, -0.15) is 0 Å². The molecule has 1 rings (SSSR count). The maximum absolute atomic E-state index is 11.9. The maximum Gasteiger partial charge on any atom is 0.328 e. The first-order valence-electron chi connectivity index (χ1n) is 6.13. The topological polar surface area (TPSA) is 69.6 Å². The van der Waals surface area contributed by atoms with Crippen LogP contribution in [0.1, 0.15) is 19.4 Å². The SMILES string of the molecule is CCN(CC)C(=O)Nc1cccc(/C=C/C(=O)O)c1. The van der Waals surface area contributed by atoms with Crippen LogP contribution in [0.2, 0.25) is 0 Å². The number of nitrogens with zero attached hydrogens (tertiary/aromatic N) is 1. The van der Waals surface area contributed by atoms with Gasteiger partial charge in [0.2, 0.25) is 0 Å². The molecule has 1 aromatic carbocycles. The first-order chi connectivity index (χ1) is 9.06. The van der Waals surface area contributed by atoms with Gasteiger partial charge in [0.05, 0.1) is 0 Å². The lowest BCUT2D eigenvalue weighted by Gasteiger charge is -2.19. The number of aliphatic carboxylic acids is 1. The summed E-state index contributed by atoms with van der Waals surface area (Å²) in [6.45, 7) is 5.10. The average Bonchev–Trinajstić information content (AvgIpc) is 2.38. The molecule has 1 aromatic rings. The predicted molar refractivity (Wildman–Crippen MR) is 75.1 cm³/mol. The summed E-state index contributed by atoms with van der Waals surface area (Å²) >= 11 is 0. The Morgan fingerprint density at radius 3 is 2.58 bits per heavy atom. The van der Waals surface area contributed by atoms with Crippen LogP contribution in [-0.2, 0) is 4.79 Å². The third-order valence-corrected chi connectivity index (χ3v) is 2.61. The number of hydrogen-bond acceptors (Lipinski definition) is 2. The highest BCUT2D eigenvalue weighted by Crippen LogP contribution is 2.12. The number of carbonyl (C=O) groups excluding carboxylic acids is 1. The van der Waals surface area contributed by atoms with Crippen LogP contribution in [-0.4, -0.2) is 35.1 Å². The quantitative estimate of drug-likeness (QED) is 0.801. The normalized spacial score (nSPS) is 10.4. The van der Waals surface area contributed by atoms with E-state index in [1.165, 1.54) is 6.08 Å². The van der Waals surface area contributed by atoms with Crippen molar-refractivity contribution in [2.75, 3.05) is 18.4 Å². The number of urea groups is 1. The lowest BCUT2D eigenvalue weighted by atomic mass is 10.2. The van der Waals surface area contributed by atoms with Crippen LogP contribution in [0, 0.1) is 0 Å². The van der Waals surface area contributed by atoms with Crippen molar-refractivity contribution in [3.05, 3.63) is 35.9 Å². The molecule has 0 aliphatic carbocycles. The third-order valence-electron chi connectivity index (χ3n) is 2.61. The smallest absolute Gasteiger partial charge is 0.328 e. The van der Waals surface area contributed by atoms with E-state index in [9.17, 15) is 9.59 Å². The van der Waals surface area contributed by atoms with Crippen molar-refractivity contribution >= 4 is 23.8 Å². The number of anilines is 1. The van der Waals surface area contributed by atoms with Gasteiger partial charge in [-0.3, -0.25) is 0 Å². The van der Waals surface area contributed by atoms with Crippen molar-refractivity contribution in [3.63, 3.8) is 0 Å². The number of nitrogens with one attached hydrogen (secondary N) is 1. The summed E-state index contributed by atoms with van der Waals surface area (Å²) in [6.07, 6.45) is 2.54. The Morgan fingerprint density at radius 1 is 1.32 bits per heavy atom.